The summed E-state index contributed by atoms with van der Waals surface area (Å²) in [5, 5.41) is 2.46. The molecule has 0 spiro atoms. The van der Waals surface area contributed by atoms with Gasteiger partial charge in [-0.3, -0.25) is 4.79 Å². The summed E-state index contributed by atoms with van der Waals surface area (Å²) in [6.07, 6.45) is 1.90. The van der Waals surface area contributed by atoms with Crippen molar-refractivity contribution in [2.24, 2.45) is 5.73 Å². The molecule has 0 bridgehead atoms. The minimum absolute atomic E-state index is 0. The Hall–Kier alpha value is -2.95. The van der Waals surface area contributed by atoms with Crippen LogP contribution in [0.1, 0.15) is 10.5 Å². The maximum absolute atomic E-state index is 14.2. The zero-order valence-corrected chi connectivity index (χ0v) is 17.3. The Balaban J connectivity index is 0.00000341. The molecule has 3 aromatic rings. The van der Waals surface area contributed by atoms with Crippen molar-refractivity contribution in [1.82, 2.24) is 15.0 Å². The highest BCUT2D eigenvalue weighted by Crippen LogP contribution is 2.27. The van der Waals surface area contributed by atoms with E-state index < -0.39 is 40.7 Å². The number of anilines is 1. The van der Waals surface area contributed by atoms with Crippen molar-refractivity contribution in [2.45, 2.75) is 6.10 Å². The van der Waals surface area contributed by atoms with Crippen molar-refractivity contribution >= 4 is 35.6 Å². The Kier molecular flexibility index (Phi) is 8.55. The van der Waals surface area contributed by atoms with E-state index in [-0.39, 0.29) is 42.1 Å². The first kappa shape index (κ1) is 24.3. The number of aromatic nitrogens is 3. The Morgan fingerprint density at radius 2 is 1.87 bits per heavy atom. The Bertz CT molecular complexity index is 1050. The van der Waals surface area contributed by atoms with Gasteiger partial charge in [0.2, 0.25) is 5.88 Å². The van der Waals surface area contributed by atoms with Gasteiger partial charge in [0.05, 0.1) is 17.6 Å². The van der Waals surface area contributed by atoms with Crippen LogP contribution in [0.25, 0.3) is 11.3 Å². The molecule has 1 atom stereocenters. The molecule has 7 nitrogen and oxygen atoms in total. The molecule has 0 saturated carbocycles. The van der Waals surface area contributed by atoms with Crippen molar-refractivity contribution in [1.29, 1.82) is 0 Å². The maximum atomic E-state index is 14.2. The Morgan fingerprint density at radius 1 is 1.16 bits per heavy atom. The molecule has 0 aliphatic rings. The average Bonchev–Trinajstić information content (AvgIpc) is 2.74. The van der Waals surface area contributed by atoms with Gasteiger partial charge in [-0.2, -0.15) is 4.98 Å². The van der Waals surface area contributed by atoms with E-state index in [9.17, 15) is 18.0 Å². The predicted molar refractivity (Wildman–Crippen MR) is 111 cm³/mol. The number of nitrogens with zero attached hydrogens (tertiary/aromatic N) is 3. The van der Waals surface area contributed by atoms with Crippen LogP contribution in [0.15, 0.2) is 42.9 Å². The van der Waals surface area contributed by atoms with Crippen LogP contribution in [-0.2, 0) is 0 Å². The van der Waals surface area contributed by atoms with Crippen molar-refractivity contribution in [3.05, 3.63) is 66.0 Å². The molecular weight excluding hydrogens is 458 g/mol. The molecule has 3 rings (SSSR count). The second kappa shape index (κ2) is 10.9. The van der Waals surface area contributed by atoms with Gasteiger partial charge in [0.25, 0.3) is 5.91 Å². The van der Waals surface area contributed by atoms with E-state index in [4.69, 9.17) is 22.1 Å². The van der Waals surface area contributed by atoms with Crippen molar-refractivity contribution < 1.29 is 22.7 Å². The van der Waals surface area contributed by atoms with Gasteiger partial charge in [0, 0.05) is 6.54 Å². The predicted octanol–water partition coefficient (Wildman–Crippen LogP) is 3.57. The normalized spacial score (nSPS) is 11.4. The van der Waals surface area contributed by atoms with Gasteiger partial charge in [0.1, 0.15) is 47.0 Å². The topological polar surface area (TPSA) is 103 Å². The molecule has 31 heavy (non-hydrogen) atoms. The third-order valence-corrected chi connectivity index (χ3v) is 4.26. The summed E-state index contributed by atoms with van der Waals surface area (Å²) >= 11 is 5.75. The zero-order chi connectivity index (χ0) is 21.7. The van der Waals surface area contributed by atoms with Crippen molar-refractivity contribution in [3.8, 4) is 17.1 Å². The highest BCUT2D eigenvalue weighted by atomic mass is 35.5. The van der Waals surface area contributed by atoms with Crippen LogP contribution in [0.4, 0.5) is 18.9 Å². The molecular formula is C19H16Cl2F3N5O2. The number of carbonyl (C=O) groups excluding carboxylic acids is 1. The zero-order valence-electron chi connectivity index (χ0n) is 15.7. The quantitative estimate of drug-likeness (QED) is 0.508. The second-order valence-electron chi connectivity index (χ2n) is 5.95. The fourth-order valence-electron chi connectivity index (χ4n) is 2.45. The summed E-state index contributed by atoms with van der Waals surface area (Å²) in [5.41, 5.74) is 4.01. The molecule has 0 radical (unpaired) electrons. The molecule has 1 aromatic carbocycles. The molecule has 2 aromatic heterocycles. The number of alkyl halides is 1. The standard InChI is InChI=1S/C19H15ClF3N5O2.ClH/c20-6-10(7-24)30-19-15(8-25-9-26-19)28-18(29)14-5-4-13(23)17(27-14)16-11(21)2-1-3-12(16)22;/h1-5,8-10H,6-7,24H2,(H,28,29);1H. The lowest BCUT2D eigenvalue weighted by Gasteiger charge is -2.16. The van der Waals surface area contributed by atoms with E-state index in [1.807, 2.05) is 0 Å². The Morgan fingerprint density at radius 3 is 2.52 bits per heavy atom. The number of nitrogens with two attached hydrogens (primary N) is 1. The average molecular weight is 474 g/mol. The maximum Gasteiger partial charge on any atom is 0.274 e. The van der Waals surface area contributed by atoms with Crippen LogP contribution >= 0.6 is 24.0 Å². The minimum atomic E-state index is -1.01. The number of benzene rings is 1. The number of rotatable bonds is 7. The fourth-order valence-corrected chi connectivity index (χ4v) is 2.64. The lowest BCUT2D eigenvalue weighted by atomic mass is 10.1. The van der Waals surface area contributed by atoms with E-state index in [1.165, 1.54) is 12.5 Å². The number of ether oxygens (including phenoxy) is 1. The summed E-state index contributed by atoms with van der Waals surface area (Å²) < 4.78 is 47.8. The van der Waals surface area contributed by atoms with Gasteiger partial charge >= 0.3 is 0 Å². The van der Waals surface area contributed by atoms with E-state index in [1.54, 1.807) is 0 Å². The van der Waals surface area contributed by atoms with E-state index in [0.29, 0.717) is 0 Å². The second-order valence-corrected chi connectivity index (χ2v) is 6.26. The number of halogens is 5. The van der Waals surface area contributed by atoms with E-state index in [2.05, 4.69) is 20.3 Å². The van der Waals surface area contributed by atoms with Crippen LogP contribution < -0.4 is 15.8 Å². The first-order valence-electron chi connectivity index (χ1n) is 8.59. The number of pyridine rings is 1. The lowest BCUT2D eigenvalue weighted by molar-refractivity contribution is 0.102. The molecule has 1 amide bonds. The highest BCUT2D eigenvalue weighted by molar-refractivity contribution is 6.18. The smallest absolute Gasteiger partial charge is 0.274 e. The molecule has 1 unspecified atom stereocenters. The van der Waals surface area contributed by atoms with Gasteiger partial charge < -0.3 is 15.8 Å². The number of carbonyl (C=O) groups is 1. The number of nitrogens with one attached hydrogen (secondary N) is 1. The van der Waals surface area contributed by atoms with Crippen LogP contribution in [0.2, 0.25) is 0 Å². The van der Waals surface area contributed by atoms with Crippen LogP contribution in [-0.4, -0.2) is 39.4 Å². The van der Waals surface area contributed by atoms with Gasteiger partial charge in [0.15, 0.2) is 0 Å². The summed E-state index contributed by atoms with van der Waals surface area (Å²) in [5.74, 6) is -3.72. The van der Waals surface area contributed by atoms with Crippen LogP contribution in [0.3, 0.4) is 0 Å². The third-order valence-electron chi connectivity index (χ3n) is 3.92. The third kappa shape index (κ3) is 5.60. The van der Waals surface area contributed by atoms with Gasteiger partial charge in [-0.25, -0.2) is 23.1 Å². The van der Waals surface area contributed by atoms with E-state index in [0.717, 1.165) is 30.3 Å². The summed E-state index contributed by atoms with van der Waals surface area (Å²) in [6.45, 7) is 0.109. The van der Waals surface area contributed by atoms with Gasteiger partial charge in [-0.15, -0.1) is 24.0 Å². The van der Waals surface area contributed by atoms with Gasteiger partial charge in [-0.1, -0.05) is 6.07 Å². The largest absolute Gasteiger partial charge is 0.470 e. The van der Waals surface area contributed by atoms with Gasteiger partial charge in [-0.05, 0) is 24.3 Å². The van der Waals surface area contributed by atoms with Crippen LogP contribution in [0.5, 0.6) is 5.88 Å². The molecule has 12 heteroatoms. The number of hydrogen-bond acceptors (Lipinski definition) is 6. The van der Waals surface area contributed by atoms with Crippen LogP contribution in [0, 0.1) is 17.5 Å². The Labute approximate surface area is 186 Å². The molecule has 164 valence electrons. The molecule has 0 aliphatic heterocycles. The lowest BCUT2D eigenvalue weighted by Crippen LogP contribution is -2.29. The number of hydrogen-bond donors (Lipinski definition) is 2. The first-order valence-corrected chi connectivity index (χ1v) is 9.13. The first-order chi connectivity index (χ1) is 14.4. The summed E-state index contributed by atoms with van der Waals surface area (Å²) in [6, 6.07) is 5.01. The van der Waals surface area contributed by atoms with Crippen molar-refractivity contribution in [3.63, 3.8) is 0 Å². The van der Waals surface area contributed by atoms with Crippen molar-refractivity contribution in [2.75, 3.05) is 17.7 Å². The minimum Gasteiger partial charge on any atom is -0.470 e. The molecule has 0 fully saturated rings. The summed E-state index contributed by atoms with van der Waals surface area (Å²) in [7, 11) is 0. The fraction of sp³-hybridized carbons (Fsp3) is 0.158. The highest BCUT2D eigenvalue weighted by Gasteiger charge is 2.20. The molecule has 0 saturated heterocycles. The molecule has 3 N–H and O–H groups in total. The monoisotopic (exact) mass is 473 g/mol. The molecule has 2 heterocycles. The molecule has 0 aliphatic carbocycles. The van der Waals surface area contributed by atoms with E-state index >= 15 is 0 Å². The number of amides is 1. The SMILES string of the molecule is Cl.NCC(CCl)Oc1ncncc1NC(=O)c1ccc(F)c(-c2c(F)cccc2F)n1. The summed E-state index contributed by atoms with van der Waals surface area (Å²) in [4.78, 5) is 24.1.